The van der Waals surface area contributed by atoms with Gasteiger partial charge in [-0.2, -0.15) is 5.26 Å². The van der Waals surface area contributed by atoms with E-state index in [-0.39, 0.29) is 11.7 Å². The maximum Gasteiger partial charge on any atom is 0.124 e. The lowest BCUT2D eigenvalue weighted by Gasteiger charge is -2.23. The quantitative estimate of drug-likeness (QED) is 0.851. The van der Waals surface area contributed by atoms with Gasteiger partial charge in [-0.15, -0.1) is 0 Å². The Balaban J connectivity index is 1.59. The normalized spacial score (nSPS) is 23.1. The zero-order valence-electron chi connectivity index (χ0n) is 12.4. The summed E-state index contributed by atoms with van der Waals surface area (Å²) in [5.74, 6) is 1.31. The molecule has 3 rings (SSSR count). The van der Waals surface area contributed by atoms with Crippen LogP contribution in [0.5, 0.6) is 11.5 Å². The van der Waals surface area contributed by atoms with Gasteiger partial charge in [0.1, 0.15) is 18.1 Å². The third-order valence-corrected chi connectivity index (χ3v) is 4.53. The molecule has 1 atom stereocenters. The number of hydrogen-bond acceptors (Lipinski definition) is 4. The molecule has 4 nitrogen and oxygen atoms in total. The highest BCUT2D eigenvalue weighted by Crippen LogP contribution is 2.43. The van der Waals surface area contributed by atoms with Crippen molar-refractivity contribution in [3.05, 3.63) is 23.8 Å². The topological polar surface area (TPSA) is 51.5 Å². The Morgan fingerprint density at radius 1 is 1.24 bits per heavy atom. The molecule has 1 saturated carbocycles. The minimum Gasteiger partial charge on any atom is -0.497 e. The van der Waals surface area contributed by atoms with Crippen LogP contribution >= 0.6 is 0 Å². The number of benzene rings is 1. The van der Waals surface area contributed by atoms with E-state index in [4.69, 9.17) is 19.5 Å². The van der Waals surface area contributed by atoms with Gasteiger partial charge in [-0.1, -0.05) is 12.8 Å². The van der Waals surface area contributed by atoms with E-state index in [0.29, 0.717) is 23.7 Å². The van der Waals surface area contributed by atoms with Gasteiger partial charge in [0.15, 0.2) is 0 Å². The number of methoxy groups -OCH3 is 1. The summed E-state index contributed by atoms with van der Waals surface area (Å²) in [7, 11) is 1.59. The molecule has 0 aromatic heterocycles. The van der Waals surface area contributed by atoms with Crippen LogP contribution in [-0.2, 0) is 4.74 Å². The molecule has 1 unspecified atom stereocenters. The van der Waals surface area contributed by atoms with Crippen molar-refractivity contribution in [2.24, 2.45) is 0 Å². The fraction of sp³-hybridized carbons (Fsp3) is 0.588. The van der Waals surface area contributed by atoms with Crippen molar-refractivity contribution >= 4 is 0 Å². The first kappa shape index (κ1) is 14.2. The molecule has 112 valence electrons. The van der Waals surface area contributed by atoms with E-state index in [9.17, 15) is 0 Å². The smallest absolute Gasteiger partial charge is 0.124 e. The molecule has 4 heteroatoms. The predicted octanol–water partition coefficient (Wildman–Crippen LogP) is 3.44. The average molecular weight is 287 g/mol. The highest BCUT2D eigenvalue weighted by Gasteiger charge is 2.42. The molecule has 1 aliphatic heterocycles. The second-order valence-electron chi connectivity index (χ2n) is 5.99. The second-order valence-corrected chi connectivity index (χ2v) is 5.99. The minimum atomic E-state index is 0.139. The minimum absolute atomic E-state index is 0.139. The third-order valence-electron chi connectivity index (χ3n) is 4.53. The fourth-order valence-corrected chi connectivity index (χ4v) is 3.43. The molecule has 1 saturated heterocycles. The number of nitrogens with zero attached hydrogens (tertiary/aromatic N) is 1. The maximum absolute atomic E-state index is 9.02. The summed E-state index contributed by atoms with van der Waals surface area (Å²) in [6.45, 7) is 0.541. The van der Waals surface area contributed by atoms with Crippen molar-refractivity contribution < 1.29 is 14.2 Å². The summed E-state index contributed by atoms with van der Waals surface area (Å²) >= 11 is 0. The number of hydrogen-bond donors (Lipinski definition) is 0. The zero-order valence-corrected chi connectivity index (χ0v) is 12.4. The summed E-state index contributed by atoms with van der Waals surface area (Å²) in [5, 5.41) is 9.02. The molecule has 0 radical (unpaired) electrons. The molecule has 1 heterocycles. The maximum atomic E-state index is 9.02. The molecule has 2 aliphatic rings. The van der Waals surface area contributed by atoms with Crippen molar-refractivity contribution in [1.29, 1.82) is 5.26 Å². The lowest BCUT2D eigenvalue weighted by molar-refractivity contribution is -0.0509. The van der Waals surface area contributed by atoms with E-state index in [1.807, 2.05) is 0 Å². The molecule has 0 amide bonds. The summed E-state index contributed by atoms with van der Waals surface area (Å²) < 4.78 is 17.2. The van der Waals surface area contributed by atoms with Gasteiger partial charge in [0, 0.05) is 6.07 Å². The summed E-state index contributed by atoms with van der Waals surface area (Å²) in [6, 6.07) is 7.36. The third kappa shape index (κ3) is 3.14. The van der Waals surface area contributed by atoms with E-state index in [1.165, 1.54) is 25.7 Å². The first-order valence-corrected chi connectivity index (χ1v) is 7.63. The van der Waals surface area contributed by atoms with Crippen LogP contribution in [0, 0.1) is 11.3 Å². The molecule has 1 spiro atoms. The first-order valence-electron chi connectivity index (χ1n) is 7.63. The average Bonchev–Trinajstić information content (AvgIpc) is 3.15. The Morgan fingerprint density at radius 2 is 2.00 bits per heavy atom. The summed E-state index contributed by atoms with van der Waals surface area (Å²) in [5.41, 5.74) is 0.684. The van der Waals surface area contributed by atoms with Gasteiger partial charge in [0.25, 0.3) is 0 Å². The van der Waals surface area contributed by atoms with Gasteiger partial charge >= 0.3 is 0 Å². The molecule has 21 heavy (non-hydrogen) atoms. The molecule has 1 aromatic carbocycles. The zero-order chi connectivity index (χ0) is 14.7. The Morgan fingerprint density at radius 3 is 2.71 bits per heavy atom. The summed E-state index contributed by atoms with van der Waals surface area (Å²) in [6.07, 6.45) is 7.35. The van der Waals surface area contributed by atoms with Gasteiger partial charge in [-0.05, 0) is 37.8 Å². The molecular weight excluding hydrogens is 266 g/mol. The van der Waals surface area contributed by atoms with Crippen LogP contribution in [0.15, 0.2) is 18.2 Å². The molecular formula is C17H21NO3. The lowest BCUT2D eigenvalue weighted by Crippen LogP contribution is -2.27. The van der Waals surface area contributed by atoms with Gasteiger partial charge in [0.05, 0.1) is 30.4 Å². The first-order chi connectivity index (χ1) is 10.2. The molecule has 0 bridgehead atoms. The monoisotopic (exact) mass is 287 g/mol. The van der Waals surface area contributed by atoms with Crippen LogP contribution in [0.4, 0.5) is 0 Å². The van der Waals surface area contributed by atoms with Crippen molar-refractivity contribution in [2.45, 2.75) is 50.2 Å². The number of rotatable bonds is 4. The van der Waals surface area contributed by atoms with Crippen LogP contribution in [-0.4, -0.2) is 25.4 Å². The van der Waals surface area contributed by atoms with Gasteiger partial charge < -0.3 is 14.2 Å². The standard InChI is InChI=1S/C17H21NO3/c1-19-15-8-13(11-18)9-16(10-15)20-12-14-4-7-17(21-14)5-2-3-6-17/h8-10,14H,2-7,12H2,1H3. The highest BCUT2D eigenvalue weighted by atomic mass is 16.6. The van der Waals surface area contributed by atoms with E-state index in [2.05, 4.69) is 6.07 Å². The molecule has 1 aliphatic carbocycles. The van der Waals surface area contributed by atoms with Crippen molar-refractivity contribution in [2.75, 3.05) is 13.7 Å². The van der Waals surface area contributed by atoms with Crippen LogP contribution in [0.1, 0.15) is 44.1 Å². The Kier molecular flexibility index (Phi) is 4.03. The Bertz CT molecular complexity index is 543. The fourth-order valence-electron chi connectivity index (χ4n) is 3.43. The van der Waals surface area contributed by atoms with E-state index in [0.717, 1.165) is 12.8 Å². The number of nitriles is 1. The Hall–Kier alpha value is -1.73. The van der Waals surface area contributed by atoms with Gasteiger partial charge in [0.2, 0.25) is 0 Å². The number of ether oxygens (including phenoxy) is 3. The van der Waals surface area contributed by atoms with Crippen LogP contribution in [0.2, 0.25) is 0 Å². The van der Waals surface area contributed by atoms with E-state index < -0.39 is 0 Å². The van der Waals surface area contributed by atoms with Crippen LogP contribution in [0.25, 0.3) is 0 Å². The van der Waals surface area contributed by atoms with Crippen molar-refractivity contribution in [3.63, 3.8) is 0 Å². The predicted molar refractivity (Wildman–Crippen MR) is 78.5 cm³/mol. The second kappa shape index (κ2) is 5.95. The van der Waals surface area contributed by atoms with Gasteiger partial charge in [-0.3, -0.25) is 0 Å². The van der Waals surface area contributed by atoms with Gasteiger partial charge in [-0.25, -0.2) is 0 Å². The Labute approximate surface area is 125 Å². The highest BCUT2D eigenvalue weighted by molar-refractivity contribution is 5.43. The van der Waals surface area contributed by atoms with E-state index >= 15 is 0 Å². The van der Waals surface area contributed by atoms with Crippen LogP contribution in [0.3, 0.4) is 0 Å². The van der Waals surface area contributed by atoms with Crippen LogP contribution < -0.4 is 9.47 Å². The molecule has 2 fully saturated rings. The molecule has 0 N–H and O–H groups in total. The van der Waals surface area contributed by atoms with Crippen molar-refractivity contribution in [3.8, 4) is 17.6 Å². The van der Waals surface area contributed by atoms with Crippen molar-refractivity contribution in [1.82, 2.24) is 0 Å². The summed E-state index contributed by atoms with van der Waals surface area (Å²) in [4.78, 5) is 0. The van der Waals surface area contributed by atoms with E-state index in [1.54, 1.807) is 25.3 Å². The lowest BCUT2D eigenvalue weighted by atomic mass is 9.98. The molecule has 1 aromatic rings. The SMILES string of the molecule is COc1cc(C#N)cc(OCC2CCC3(CCCC3)O2)c1. The largest absolute Gasteiger partial charge is 0.497 e.